The van der Waals surface area contributed by atoms with Crippen molar-refractivity contribution in [1.29, 1.82) is 5.26 Å². The van der Waals surface area contributed by atoms with Gasteiger partial charge in [-0.15, -0.1) is 0 Å². The Hall–Kier alpha value is -3.73. The highest BCUT2D eigenvalue weighted by molar-refractivity contribution is 5.81. The van der Waals surface area contributed by atoms with E-state index in [1.165, 1.54) is 23.0 Å². The Labute approximate surface area is 154 Å². The number of anilines is 1. The van der Waals surface area contributed by atoms with Crippen LogP contribution in [0.4, 0.5) is 10.1 Å². The average molecular weight is 365 g/mol. The minimum Gasteiger partial charge on any atom is -0.382 e. The third-order valence-corrected chi connectivity index (χ3v) is 3.94. The van der Waals surface area contributed by atoms with Crippen molar-refractivity contribution < 1.29 is 9.18 Å². The standard InChI is InChI=1S/C19H16FN5O2/c20-15-5-3-6-16(14(15)10-21)22-8-9-23-19(27)12-25-17-7-2-1-4-13(17)18(26)11-24-25/h1-7,11,22H,8-9,12H2,(H,23,27). The minimum atomic E-state index is -0.595. The van der Waals surface area contributed by atoms with E-state index in [1.54, 1.807) is 36.4 Å². The van der Waals surface area contributed by atoms with Crippen LogP contribution in [0.1, 0.15) is 5.56 Å². The fraction of sp³-hybridized carbons (Fsp3) is 0.158. The zero-order valence-electron chi connectivity index (χ0n) is 14.3. The van der Waals surface area contributed by atoms with Crippen LogP contribution in [0, 0.1) is 17.1 Å². The molecule has 0 spiro atoms. The van der Waals surface area contributed by atoms with Gasteiger partial charge in [-0.05, 0) is 24.3 Å². The Morgan fingerprint density at radius 3 is 2.81 bits per heavy atom. The van der Waals surface area contributed by atoms with E-state index in [0.717, 1.165) is 0 Å². The molecule has 1 aromatic heterocycles. The number of benzene rings is 2. The van der Waals surface area contributed by atoms with Crippen molar-refractivity contribution in [3.05, 3.63) is 70.3 Å². The Balaban J connectivity index is 1.57. The summed E-state index contributed by atoms with van der Waals surface area (Å²) in [5.74, 6) is -0.874. The normalized spacial score (nSPS) is 10.4. The molecular formula is C19H16FN5O2. The minimum absolute atomic E-state index is 0.0375. The van der Waals surface area contributed by atoms with Gasteiger partial charge in [0.2, 0.25) is 11.3 Å². The molecule has 8 heteroatoms. The highest BCUT2D eigenvalue weighted by atomic mass is 19.1. The molecule has 3 aromatic rings. The van der Waals surface area contributed by atoms with Gasteiger partial charge in [-0.3, -0.25) is 14.3 Å². The summed E-state index contributed by atoms with van der Waals surface area (Å²) in [7, 11) is 0. The Kier molecular flexibility index (Phi) is 5.42. The van der Waals surface area contributed by atoms with Gasteiger partial charge in [-0.25, -0.2) is 4.39 Å². The first-order valence-electron chi connectivity index (χ1n) is 8.24. The molecule has 2 N–H and O–H groups in total. The number of hydrogen-bond donors (Lipinski definition) is 2. The topological polar surface area (TPSA) is 99.8 Å². The Morgan fingerprint density at radius 1 is 1.19 bits per heavy atom. The number of halogens is 1. The van der Waals surface area contributed by atoms with Gasteiger partial charge in [0, 0.05) is 18.5 Å². The van der Waals surface area contributed by atoms with Crippen LogP contribution in [-0.4, -0.2) is 28.8 Å². The maximum Gasteiger partial charge on any atom is 0.241 e. The molecule has 136 valence electrons. The molecule has 0 unspecified atom stereocenters. The van der Waals surface area contributed by atoms with E-state index in [0.29, 0.717) is 23.1 Å². The van der Waals surface area contributed by atoms with Gasteiger partial charge in [0.25, 0.3) is 0 Å². The first-order valence-corrected chi connectivity index (χ1v) is 8.24. The highest BCUT2D eigenvalue weighted by Crippen LogP contribution is 2.17. The SMILES string of the molecule is N#Cc1c(F)cccc1NCCNC(=O)Cn1ncc(=O)c2ccccc21. The molecule has 0 atom stereocenters. The number of nitrogens with one attached hydrogen (secondary N) is 2. The molecule has 0 aliphatic carbocycles. The molecule has 1 heterocycles. The zero-order valence-corrected chi connectivity index (χ0v) is 14.3. The Morgan fingerprint density at radius 2 is 2.00 bits per heavy atom. The fourth-order valence-corrected chi connectivity index (χ4v) is 2.66. The van der Waals surface area contributed by atoms with Crippen LogP contribution < -0.4 is 16.1 Å². The average Bonchev–Trinajstić information content (AvgIpc) is 2.68. The summed E-state index contributed by atoms with van der Waals surface area (Å²) in [4.78, 5) is 23.9. The molecule has 0 saturated heterocycles. The summed E-state index contributed by atoms with van der Waals surface area (Å²) < 4.78 is 15.0. The van der Waals surface area contributed by atoms with Crippen molar-refractivity contribution in [2.75, 3.05) is 18.4 Å². The van der Waals surface area contributed by atoms with Crippen LogP contribution in [-0.2, 0) is 11.3 Å². The summed E-state index contributed by atoms with van der Waals surface area (Å²) in [5.41, 5.74) is 0.694. The van der Waals surface area contributed by atoms with E-state index in [4.69, 9.17) is 5.26 Å². The zero-order chi connectivity index (χ0) is 19.2. The lowest BCUT2D eigenvalue weighted by atomic mass is 10.2. The number of hydrogen-bond acceptors (Lipinski definition) is 5. The van der Waals surface area contributed by atoms with Crippen LogP contribution in [0.2, 0.25) is 0 Å². The number of carbonyl (C=O) groups is 1. The van der Waals surface area contributed by atoms with Crippen LogP contribution in [0.3, 0.4) is 0 Å². The predicted octanol–water partition coefficient (Wildman–Crippen LogP) is 1.64. The van der Waals surface area contributed by atoms with E-state index in [-0.39, 0.29) is 30.0 Å². The number of nitriles is 1. The van der Waals surface area contributed by atoms with Gasteiger partial charge in [-0.1, -0.05) is 18.2 Å². The van der Waals surface area contributed by atoms with Crippen LogP contribution in [0.15, 0.2) is 53.5 Å². The van der Waals surface area contributed by atoms with Crippen LogP contribution in [0.5, 0.6) is 0 Å². The first-order chi connectivity index (χ1) is 13.1. The lowest BCUT2D eigenvalue weighted by Crippen LogP contribution is -2.32. The lowest BCUT2D eigenvalue weighted by Gasteiger charge is -2.11. The quantitative estimate of drug-likeness (QED) is 0.647. The predicted molar refractivity (Wildman–Crippen MR) is 98.6 cm³/mol. The number of amides is 1. The fourth-order valence-electron chi connectivity index (χ4n) is 2.66. The molecule has 27 heavy (non-hydrogen) atoms. The molecule has 0 saturated carbocycles. The van der Waals surface area contributed by atoms with Crippen molar-refractivity contribution >= 4 is 22.5 Å². The largest absolute Gasteiger partial charge is 0.382 e. The van der Waals surface area contributed by atoms with Crippen LogP contribution >= 0.6 is 0 Å². The first kappa shape index (κ1) is 18.1. The van der Waals surface area contributed by atoms with Gasteiger partial charge in [0.05, 0.1) is 17.4 Å². The molecule has 0 fully saturated rings. The molecular weight excluding hydrogens is 349 g/mol. The highest BCUT2D eigenvalue weighted by Gasteiger charge is 2.09. The third-order valence-electron chi connectivity index (χ3n) is 3.94. The smallest absolute Gasteiger partial charge is 0.241 e. The van der Waals surface area contributed by atoms with Gasteiger partial charge in [0.1, 0.15) is 24.0 Å². The summed E-state index contributed by atoms with van der Waals surface area (Å²) in [5, 5.41) is 19.1. The van der Waals surface area contributed by atoms with Crippen molar-refractivity contribution in [1.82, 2.24) is 15.1 Å². The summed E-state index contributed by atoms with van der Waals surface area (Å²) >= 11 is 0. The molecule has 7 nitrogen and oxygen atoms in total. The second-order valence-corrected chi connectivity index (χ2v) is 5.73. The molecule has 0 radical (unpaired) electrons. The molecule has 2 aromatic carbocycles. The molecule has 0 aliphatic heterocycles. The second-order valence-electron chi connectivity index (χ2n) is 5.73. The van der Waals surface area contributed by atoms with Gasteiger partial charge >= 0.3 is 0 Å². The van der Waals surface area contributed by atoms with Crippen molar-refractivity contribution in [2.24, 2.45) is 0 Å². The number of rotatable bonds is 6. The van der Waals surface area contributed by atoms with Crippen LogP contribution in [0.25, 0.3) is 10.9 Å². The van der Waals surface area contributed by atoms with Crippen molar-refractivity contribution in [2.45, 2.75) is 6.54 Å². The van der Waals surface area contributed by atoms with Gasteiger partial charge < -0.3 is 10.6 Å². The van der Waals surface area contributed by atoms with E-state index < -0.39 is 5.82 Å². The summed E-state index contributed by atoms with van der Waals surface area (Å²) in [6.07, 6.45) is 1.19. The van der Waals surface area contributed by atoms with E-state index in [2.05, 4.69) is 15.7 Å². The maximum absolute atomic E-state index is 13.5. The van der Waals surface area contributed by atoms with E-state index in [9.17, 15) is 14.0 Å². The summed E-state index contributed by atoms with van der Waals surface area (Å²) in [6, 6.07) is 13.1. The van der Waals surface area contributed by atoms with Gasteiger partial charge in [0.15, 0.2) is 0 Å². The lowest BCUT2D eigenvalue weighted by molar-refractivity contribution is -0.121. The molecule has 0 bridgehead atoms. The number of fused-ring (bicyclic) bond motifs is 1. The monoisotopic (exact) mass is 365 g/mol. The molecule has 1 amide bonds. The Bertz CT molecular complexity index is 1090. The van der Waals surface area contributed by atoms with E-state index in [1.807, 2.05) is 0 Å². The number of nitrogens with zero attached hydrogens (tertiary/aromatic N) is 3. The van der Waals surface area contributed by atoms with Gasteiger partial charge in [-0.2, -0.15) is 10.4 Å². The van der Waals surface area contributed by atoms with Crippen molar-refractivity contribution in [3.63, 3.8) is 0 Å². The second kappa shape index (κ2) is 8.10. The maximum atomic E-state index is 13.5. The van der Waals surface area contributed by atoms with E-state index >= 15 is 0 Å². The third kappa shape index (κ3) is 4.10. The molecule has 3 rings (SSSR count). The number of aromatic nitrogens is 2. The van der Waals surface area contributed by atoms with Crippen molar-refractivity contribution in [3.8, 4) is 6.07 Å². The summed E-state index contributed by atoms with van der Waals surface area (Å²) in [6.45, 7) is 0.560. The molecule has 0 aliphatic rings. The number of carbonyl (C=O) groups excluding carboxylic acids is 1. The number of para-hydroxylation sites is 1.